The summed E-state index contributed by atoms with van der Waals surface area (Å²) in [5.74, 6) is 0.960. The molecule has 1 atom stereocenters. The number of nitrogens with one attached hydrogen (secondary N) is 2. The van der Waals surface area contributed by atoms with E-state index in [9.17, 15) is 0 Å². The average molecular weight is 250 g/mol. The van der Waals surface area contributed by atoms with Crippen molar-refractivity contribution >= 4 is 5.69 Å². The molecule has 1 aliphatic rings. The molecule has 1 aliphatic heterocycles. The number of rotatable bonds is 5. The summed E-state index contributed by atoms with van der Waals surface area (Å²) in [5, 5.41) is 6.87. The molecule has 1 fully saturated rings. The molecule has 18 heavy (non-hydrogen) atoms. The Kier molecular flexibility index (Phi) is 4.84. The summed E-state index contributed by atoms with van der Waals surface area (Å²) in [6, 6.07) is 6.63. The third-order valence-electron chi connectivity index (χ3n) is 3.21. The fourth-order valence-corrected chi connectivity index (χ4v) is 2.16. The van der Waals surface area contributed by atoms with Crippen LogP contribution in [0, 0.1) is 0 Å². The smallest absolute Gasteiger partial charge is 0.122 e. The first kappa shape index (κ1) is 13.2. The third kappa shape index (κ3) is 3.37. The van der Waals surface area contributed by atoms with E-state index in [1.807, 2.05) is 6.07 Å². The van der Waals surface area contributed by atoms with E-state index in [0.717, 1.165) is 44.2 Å². The summed E-state index contributed by atoms with van der Waals surface area (Å²) < 4.78 is 10.8. The molecule has 0 radical (unpaired) electrons. The van der Waals surface area contributed by atoms with Crippen LogP contribution in [0.2, 0.25) is 0 Å². The minimum atomic E-state index is 0.394. The molecular formula is C14H22N2O2. The van der Waals surface area contributed by atoms with Crippen LogP contribution in [-0.4, -0.2) is 39.5 Å². The first-order valence-corrected chi connectivity index (χ1v) is 6.55. The highest BCUT2D eigenvalue weighted by Gasteiger charge is 2.12. The zero-order valence-corrected chi connectivity index (χ0v) is 11.2. The van der Waals surface area contributed by atoms with Crippen molar-refractivity contribution in [2.75, 3.05) is 38.7 Å². The van der Waals surface area contributed by atoms with E-state index in [2.05, 4.69) is 29.7 Å². The summed E-state index contributed by atoms with van der Waals surface area (Å²) in [5.41, 5.74) is 2.37. The molecule has 0 aliphatic carbocycles. The number of ether oxygens (including phenoxy) is 2. The lowest BCUT2D eigenvalue weighted by molar-refractivity contribution is 0.0806. The molecule has 0 aromatic heterocycles. The quantitative estimate of drug-likeness (QED) is 0.834. The van der Waals surface area contributed by atoms with Crippen molar-refractivity contribution in [1.82, 2.24) is 5.32 Å². The Balaban J connectivity index is 1.92. The van der Waals surface area contributed by atoms with Crippen LogP contribution in [-0.2, 0) is 11.2 Å². The zero-order chi connectivity index (χ0) is 12.8. The van der Waals surface area contributed by atoms with Gasteiger partial charge in [-0.1, -0.05) is 6.92 Å². The van der Waals surface area contributed by atoms with Crippen LogP contribution >= 0.6 is 0 Å². The van der Waals surface area contributed by atoms with Crippen LogP contribution in [0.1, 0.15) is 12.5 Å². The third-order valence-corrected chi connectivity index (χ3v) is 3.21. The Morgan fingerprint density at radius 1 is 1.50 bits per heavy atom. The molecule has 1 unspecified atom stereocenters. The second-order valence-corrected chi connectivity index (χ2v) is 4.49. The monoisotopic (exact) mass is 250 g/mol. The average Bonchev–Trinajstić information content (AvgIpc) is 2.45. The number of benzene rings is 1. The SMILES string of the molecule is CCc1cc(NCC2COCCN2)ccc1OC. The van der Waals surface area contributed by atoms with Gasteiger partial charge >= 0.3 is 0 Å². The van der Waals surface area contributed by atoms with Gasteiger partial charge in [-0.15, -0.1) is 0 Å². The van der Waals surface area contributed by atoms with E-state index in [0.29, 0.717) is 6.04 Å². The Labute approximate surface area is 109 Å². The van der Waals surface area contributed by atoms with Gasteiger partial charge in [-0.2, -0.15) is 0 Å². The lowest BCUT2D eigenvalue weighted by Gasteiger charge is -2.24. The summed E-state index contributed by atoms with van der Waals surface area (Å²) >= 11 is 0. The van der Waals surface area contributed by atoms with E-state index in [-0.39, 0.29) is 0 Å². The van der Waals surface area contributed by atoms with Crippen LogP contribution in [0.5, 0.6) is 5.75 Å². The Morgan fingerprint density at radius 3 is 3.06 bits per heavy atom. The fourth-order valence-electron chi connectivity index (χ4n) is 2.16. The topological polar surface area (TPSA) is 42.5 Å². The molecule has 1 saturated heterocycles. The van der Waals surface area contributed by atoms with Crippen LogP contribution < -0.4 is 15.4 Å². The Bertz CT molecular complexity index is 376. The highest BCUT2D eigenvalue weighted by atomic mass is 16.5. The van der Waals surface area contributed by atoms with Gasteiger partial charge in [0.2, 0.25) is 0 Å². The molecule has 1 aromatic carbocycles. The summed E-state index contributed by atoms with van der Waals surface area (Å²) in [6.07, 6.45) is 0.976. The van der Waals surface area contributed by atoms with Gasteiger partial charge in [-0.05, 0) is 30.2 Å². The molecule has 0 bridgehead atoms. The minimum absolute atomic E-state index is 0.394. The van der Waals surface area contributed by atoms with Crippen molar-refractivity contribution < 1.29 is 9.47 Å². The van der Waals surface area contributed by atoms with Crippen molar-refractivity contribution in [2.24, 2.45) is 0 Å². The number of aryl methyl sites for hydroxylation is 1. The molecule has 2 rings (SSSR count). The lowest BCUT2D eigenvalue weighted by atomic mass is 10.1. The van der Waals surface area contributed by atoms with Gasteiger partial charge in [-0.25, -0.2) is 0 Å². The van der Waals surface area contributed by atoms with Gasteiger partial charge in [-0.3, -0.25) is 0 Å². The standard InChI is InChI=1S/C14H22N2O2/c1-3-11-8-12(4-5-14(11)17-2)16-9-13-10-18-7-6-15-13/h4-5,8,13,15-16H,3,6-7,9-10H2,1-2H3. The number of morpholine rings is 1. The predicted molar refractivity (Wildman–Crippen MR) is 73.5 cm³/mol. The summed E-state index contributed by atoms with van der Waals surface area (Å²) in [7, 11) is 1.71. The second kappa shape index (κ2) is 6.61. The minimum Gasteiger partial charge on any atom is -0.496 e. The number of methoxy groups -OCH3 is 1. The van der Waals surface area contributed by atoms with Crippen LogP contribution in [0.15, 0.2) is 18.2 Å². The maximum Gasteiger partial charge on any atom is 0.122 e. The Morgan fingerprint density at radius 2 is 2.39 bits per heavy atom. The van der Waals surface area contributed by atoms with Crippen molar-refractivity contribution in [2.45, 2.75) is 19.4 Å². The van der Waals surface area contributed by atoms with Crippen molar-refractivity contribution in [3.05, 3.63) is 23.8 Å². The van der Waals surface area contributed by atoms with Gasteiger partial charge in [0.25, 0.3) is 0 Å². The van der Waals surface area contributed by atoms with Gasteiger partial charge in [0.1, 0.15) is 5.75 Å². The van der Waals surface area contributed by atoms with E-state index >= 15 is 0 Å². The first-order chi connectivity index (χ1) is 8.83. The largest absolute Gasteiger partial charge is 0.496 e. The summed E-state index contributed by atoms with van der Waals surface area (Å²) in [6.45, 7) is 5.56. The number of hydrogen-bond donors (Lipinski definition) is 2. The van der Waals surface area contributed by atoms with Crippen LogP contribution in [0.25, 0.3) is 0 Å². The predicted octanol–water partition coefficient (Wildman–Crippen LogP) is 1.66. The molecule has 0 amide bonds. The zero-order valence-electron chi connectivity index (χ0n) is 11.2. The van der Waals surface area contributed by atoms with Gasteiger partial charge in [0, 0.05) is 24.8 Å². The van der Waals surface area contributed by atoms with Gasteiger partial charge in [0.05, 0.1) is 20.3 Å². The molecular weight excluding hydrogens is 228 g/mol. The molecule has 1 aromatic rings. The molecule has 100 valence electrons. The van der Waals surface area contributed by atoms with Crippen molar-refractivity contribution in [3.8, 4) is 5.75 Å². The van der Waals surface area contributed by atoms with Gasteiger partial charge < -0.3 is 20.1 Å². The van der Waals surface area contributed by atoms with Gasteiger partial charge in [0.15, 0.2) is 0 Å². The van der Waals surface area contributed by atoms with E-state index in [1.54, 1.807) is 7.11 Å². The molecule has 4 nitrogen and oxygen atoms in total. The highest BCUT2D eigenvalue weighted by Crippen LogP contribution is 2.22. The highest BCUT2D eigenvalue weighted by molar-refractivity contribution is 5.51. The number of hydrogen-bond acceptors (Lipinski definition) is 4. The van der Waals surface area contributed by atoms with Crippen molar-refractivity contribution in [1.29, 1.82) is 0 Å². The van der Waals surface area contributed by atoms with Crippen molar-refractivity contribution in [3.63, 3.8) is 0 Å². The maximum atomic E-state index is 5.43. The van der Waals surface area contributed by atoms with Crippen LogP contribution in [0.3, 0.4) is 0 Å². The fraction of sp³-hybridized carbons (Fsp3) is 0.571. The Hall–Kier alpha value is -1.26. The maximum absolute atomic E-state index is 5.43. The lowest BCUT2D eigenvalue weighted by Crippen LogP contribution is -2.45. The van der Waals surface area contributed by atoms with E-state index in [1.165, 1.54) is 5.56 Å². The molecule has 0 saturated carbocycles. The number of anilines is 1. The normalized spacial score (nSPS) is 19.6. The first-order valence-electron chi connectivity index (χ1n) is 6.55. The van der Waals surface area contributed by atoms with E-state index < -0.39 is 0 Å². The van der Waals surface area contributed by atoms with E-state index in [4.69, 9.17) is 9.47 Å². The second-order valence-electron chi connectivity index (χ2n) is 4.49. The molecule has 2 N–H and O–H groups in total. The molecule has 4 heteroatoms. The summed E-state index contributed by atoms with van der Waals surface area (Å²) in [4.78, 5) is 0. The molecule has 1 heterocycles. The molecule has 0 spiro atoms. The van der Waals surface area contributed by atoms with Crippen LogP contribution in [0.4, 0.5) is 5.69 Å².